The number of amides is 1. The van der Waals surface area contributed by atoms with Gasteiger partial charge in [-0.3, -0.25) is 0 Å². The first kappa shape index (κ1) is 18.4. The van der Waals surface area contributed by atoms with E-state index in [0.29, 0.717) is 15.4 Å². The highest BCUT2D eigenvalue weighted by molar-refractivity contribution is 7.85. The molecule has 0 aromatic heterocycles. The highest BCUT2D eigenvalue weighted by Gasteiger charge is 2.52. The quantitative estimate of drug-likeness (QED) is 0.794. The maximum Gasteiger partial charge on any atom is 0.426 e. The molecule has 7 heteroatoms. The van der Waals surface area contributed by atoms with Crippen molar-refractivity contribution in [3.8, 4) is 0 Å². The molecular formula is C19H21NO5S. The average Bonchev–Trinajstić information content (AvgIpc) is 2.86. The molecule has 0 unspecified atom stereocenters. The Balaban J connectivity index is 2.10. The number of rotatable bonds is 2. The minimum absolute atomic E-state index is 0.647. The van der Waals surface area contributed by atoms with E-state index in [1.165, 1.54) is 0 Å². The van der Waals surface area contributed by atoms with E-state index in [1.807, 2.05) is 12.1 Å². The lowest BCUT2D eigenvalue weighted by Gasteiger charge is -2.27. The predicted octanol–water partition coefficient (Wildman–Crippen LogP) is 3.98. The maximum atomic E-state index is 12.7. The van der Waals surface area contributed by atoms with Crippen molar-refractivity contribution in [2.24, 2.45) is 0 Å². The number of nitrogens with zero attached hydrogens (tertiary/aromatic N) is 1. The molecule has 2 aromatic rings. The minimum Gasteiger partial charge on any atom is -0.443 e. The third-order valence-electron chi connectivity index (χ3n) is 3.85. The van der Waals surface area contributed by atoms with E-state index >= 15 is 0 Å². The van der Waals surface area contributed by atoms with Crippen LogP contribution in [-0.4, -0.2) is 24.4 Å². The molecule has 2 aromatic carbocycles. The summed E-state index contributed by atoms with van der Waals surface area (Å²) in [6.07, 6.45) is -1.80. The molecule has 0 bridgehead atoms. The van der Waals surface area contributed by atoms with Crippen molar-refractivity contribution in [1.82, 2.24) is 4.31 Å². The summed E-state index contributed by atoms with van der Waals surface area (Å²) in [4.78, 5) is 12.7. The fraction of sp³-hybridized carbons (Fsp3) is 0.316. The highest BCUT2D eigenvalue weighted by Crippen LogP contribution is 2.46. The molecular weight excluding hydrogens is 354 g/mol. The zero-order chi connectivity index (χ0) is 18.9. The summed E-state index contributed by atoms with van der Waals surface area (Å²) in [5.74, 6) is 0. The van der Waals surface area contributed by atoms with Crippen LogP contribution in [0.4, 0.5) is 4.79 Å². The minimum atomic E-state index is -4.29. The van der Waals surface area contributed by atoms with Crippen LogP contribution < -0.4 is 0 Å². The Bertz CT molecular complexity index is 875. The Morgan fingerprint density at radius 2 is 1.46 bits per heavy atom. The van der Waals surface area contributed by atoms with E-state index in [2.05, 4.69) is 0 Å². The summed E-state index contributed by atoms with van der Waals surface area (Å²) >= 11 is 0. The van der Waals surface area contributed by atoms with Gasteiger partial charge in [-0.25, -0.2) is 8.98 Å². The number of carbonyl (C=O) groups excluding carboxylic acids is 1. The van der Waals surface area contributed by atoms with Gasteiger partial charge in [0.15, 0.2) is 0 Å². The molecule has 0 saturated carbocycles. The van der Waals surface area contributed by atoms with E-state index in [0.717, 1.165) is 0 Å². The lowest BCUT2D eigenvalue weighted by atomic mass is 9.96. The molecule has 1 aliphatic heterocycles. The molecule has 26 heavy (non-hydrogen) atoms. The fourth-order valence-electron chi connectivity index (χ4n) is 2.84. The van der Waals surface area contributed by atoms with Gasteiger partial charge in [-0.2, -0.15) is 12.7 Å². The van der Waals surface area contributed by atoms with Crippen LogP contribution in [0, 0.1) is 0 Å². The van der Waals surface area contributed by atoms with Crippen LogP contribution in [0.15, 0.2) is 60.7 Å². The monoisotopic (exact) mass is 375 g/mol. The van der Waals surface area contributed by atoms with Crippen molar-refractivity contribution in [2.45, 2.75) is 38.5 Å². The smallest absolute Gasteiger partial charge is 0.426 e. The molecule has 138 valence electrons. The molecule has 1 amide bonds. The zero-order valence-corrected chi connectivity index (χ0v) is 15.6. The van der Waals surface area contributed by atoms with E-state index < -0.39 is 34.1 Å². The fourth-order valence-corrected chi connectivity index (χ4v) is 4.15. The molecule has 0 N–H and O–H groups in total. The molecule has 1 heterocycles. The molecule has 1 aliphatic rings. The standard InChI is InChI=1S/C19H21NO5S/c1-19(2,3)24-18(21)20-16(14-10-6-4-7-11-14)17(25-26(20,22)23)15-12-8-5-9-13-15/h4-13,16-17H,1-3H3/t16-,17-/m1/s1. The molecule has 0 radical (unpaired) electrons. The third kappa shape index (κ3) is 3.73. The Morgan fingerprint density at radius 3 is 1.96 bits per heavy atom. The van der Waals surface area contributed by atoms with Crippen molar-refractivity contribution in [1.29, 1.82) is 0 Å². The van der Waals surface area contributed by atoms with Gasteiger partial charge in [-0.05, 0) is 31.9 Å². The van der Waals surface area contributed by atoms with Crippen molar-refractivity contribution < 1.29 is 22.1 Å². The van der Waals surface area contributed by atoms with Gasteiger partial charge >= 0.3 is 16.4 Å². The predicted molar refractivity (Wildman–Crippen MR) is 96.4 cm³/mol. The van der Waals surface area contributed by atoms with Crippen LogP contribution in [0.25, 0.3) is 0 Å². The largest absolute Gasteiger partial charge is 0.443 e. The third-order valence-corrected chi connectivity index (χ3v) is 5.16. The first-order chi connectivity index (χ1) is 12.2. The van der Waals surface area contributed by atoms with Crippen LogP contribution in [0.3, 0.4) is 0 Å². The average molecular weight is 375 g/mol. The summed E-state index contributed by atoms with van der Waals surface area (Å²) in [6, 6.07) is 17.0. The number of hydrogen-bond acceptors (Lipinski definition) is 5. The van der Waals surface area contributed by atoms with Crippen molar-refractivity contribution in [2.75, 3.05) is 0 Å². The topological polar surface area (TPSA) is 72.9 Å². The molecule has 1 fully saturated rings. The van der Waals surface area contributed by atoms with E-state index in [4.69, 9.17) is 8.92 Å². The Morgan fingerprint density at radius 1 is 0.962 bits per heavy atom. The summed E-state index contributed by atoms with van der Waals surface area (Å²) in [5, 5.41) is 0. The second-order valence-corrected chi connectivity index (χ2v) is 8.46. The van der Waals surface area contributed by atoms with Gasteiger partial charge in [-0.1, -0.05) is 60.7 Å². The molecule has 0 spiro atoms. The normalized spacial score (nSPS) is 22.2. The number of hydrogen-bond donors (Lipinski definition) is 0. The summed E-state index contributed by atoms with van der Waals surface area (Å²) in [7, 11) is -4.29. The number of benzene rings is 2. The van der Waals surface area contributed by atoms with Gasteiger partial charge in [0.05, 0.1) is 0 Å². The molecule has 1 saturated heterocycles. The second-order valence-electron chi connectivity index (χ2n) is 7.02. The van der Waals surface area contributed by atoms with Gasteiger partial charge in [0, 0.05) is 0 Å². The van der Waals surface area contributed by atoms with Crippen LogP contribution >= 0.6 is 0 Å². The van der Waals surface area contributed by atoms with E-state index in [1.54, 1.807) is 69.3 Å². The lowest BCUT2D eigenvalue weighted by molar-refractivity contribution is 0.0333. The van der Waals surface area contributed by atoms with Crippen molar-refractivity contribution in [3.05, 3.63) is 71.8 Å². The van der Waals surface area contributed by atoms with Gasteiger partial charge in [-0.15, -0.1) is 0 Å². The van der Waals surface area contributed by atoms with Crippen LogP contribution in [0.5, 0.6) is 0 Å². The van der Waals surface area contributed by atoms with Gasteiger partial charge in [0.2, 0.25) is 0 Å². The Hall–Kier alpha value is -2.38. The molecule has 3 rings (SSSR count). The van der Waals surface area contributed by atoms with Crippen LogP contribution in [0.2, 0.25) is 0 Å². The second kappa shape index (κ2) is 6.74. The SMILES string of the molecule is CC(C)(C)OC(=O)N1[C@H](c2ccccc2)[C@@H](c2ccccc2)OS1(=O)=O. The molecule has 6 nitrogen and oxygen atoms in total. The van der Waals surface area contributed by atoms with E-state index in [-0.39, 0.29) is 0 Å². The maximum absolute atomic E-state index is 12.7. The lowest BCUT2D eigenvalue weighted by Crippen LogP contribution is -2.39. The Labute approximate surface area is 153 Å². The van der Waals surface area contributed by atoms with Gasteiger partial charge < -0.3 is 4.74 Å². The van der Waals surface area contributed by atoms with Crippen molar-refractivity contribution in [3.63, 3.8) is 0 Å². The number of carbonyl (C=O) groups is 1. The van der Waals surface area contributed by atoms with E-state index in [9.17, 15) is 13.2 Å². The molecule has 0 aliphatic carbocycles. The van der Waals surface area contributed by atoms with Crippen LogP contribution in [0.1, 0.15) is 44.0 Å². The van der Waals surface area contributed by atoms with Gasteiger partial charge in [0.25, 0.3) is 0 Å². The summed E-state index contributed by atoms with van der Waals surface area (Å²) in [5.41, 5.74) is 0.475. The summed E-state index contributed by atoms with van der Waals surface area (Å²) < 4.78 is 36.7. The Kier molecular flexibility index (Phi) is 4.77. The zero-order valence-electron chi connectivity index (χ0n) is 14.8. The van der Waals surface area contributed by atoms with Crippen molar-refractivity contribution >= 4 is 16.4 Å². The van der Waals surface area contributed by atoms with Crippen LogP contribution in [-0.2, 0) is 19.2 Å². The van der Waals surface area contributed by atoms with Gasteiger partial charge in [0.1, 0.15) is 17.7 Å². The first-order valence-electron chi connectivity index (χ1n) is 8.24. The number of ether oxygens (including phenoxy) is 1. The molecule has 2 atom stereocenters. The first-order valence-corrected chi connectivity index (χ1v) is 9.61. The summed E-state index contributed by atoms with van der Waals surface area (Å²) in [6.45, 7) is 5.04. The highest BCUT2D eigenvalue weighted by atomic mass is 32.2.